The zero-order chi connectivity index (χ0) is 18.5. The number of hydrogen-bond donors (Lipinski definition) is 2. The normalized spacial score (nSPS) is 20.0. The molecule has 2 aliphatic rings. The van der Waals surface area contributed by atoms with E-state index in [4.69, 9.17) is 4.52 Å². The summed E-state index contributed by atoms with van der Waals surface area (Å²) < 4.78 is 5.33. The Morgan fingerprint density at radius 3 is 2.74 bits per heavy atom. The summed E-state index contributed by atoms with van der Waals surface area (Å²) in [4.78, 5) is 18.9. The predicted octanol–water partition coefficient (Wildman–Crippen LogP) is 2.14. The third kappa shape index (κ3) is 4.47. The first-order valence-electron chi connectivity index (χ1n) is 9.99. The molecule has 1 aromatic carbocycles. The van der Waals surface area contributed by atoms with Crippen molar-refractivity contribution in [1.29, 1.82) is 0 Å². The smallest absolute Gasteiger partial charge is 0.237 e. The minimum atomic E-state index is -0.0540. The van der Waals surface area contributed by atoms with E-state index in [0.717, 1.165) is 38.0 Å². The Balaban J connectivity index is 1.30. The Morgan fingerprint density at radius 1 is 1.19 bits per heavy atom. The Kier molecular flexibility index (Phi) is 5.67. The molecule has 0 radical (unpaired) electrons. The first-order chi connectivity index (χ1) is 13.3. The molecule has 4 rings (SSSR count). The van der Waals surface area contributed by atoms with Crippen LogP contribution in [0.4, 0.5) is 5.69 Å². The average molecular weight is 369 g/mol. The highest BCUT2D eigenvalue weighted by Crippen LogP contribution is 2.23. The van der Waals surface area contributed by atoms with Crippen LogP contribution in [-0.4, -0.2) is 48.3 Å². The van der Waals surface area contributed by atoms with Gasteiger partial charge in [0.25, 0.3) is 0 Å². The molecule has 2 aliphatic heterocycles. The SMILES string of the molecule is O=C(NCCc1nc(-c2ccc(N3CCCCC3)cc2)no1)C1CCCN1. The summed E-state index contributed by atoms with van der Waals surface area (Å²) in [6.07, 6.45) is 6.37. The molecule has 2 saturated heterocycles. The lowest BCUT2D eigenvalue weighted by atomic mass is 10.1. The quantitative estimate of drug-likeness (QED) is 0.812. The maximum absolute atomic E-state index is 12.0. The van der Waals surface area contributed by atoms with E-state index in [0.29, 0.717) is 24.7 Å². The summed E-state index contributed by atoms with van der Waals surface area (Å²) in [7, 11) is 0. The van der Waals surface area contributed by atoms with E-state index in [1.165, 1.54) is 24.9 Å². The van der Waals surface area contributed by atoms with E-state index in [-0.39, 0.29) is 11.9 Å². The minimum absolute atomic E-state index is 0.0540. The molecule has 1 unspecified atom stereocenters. The number of rotatable bonds is 6. The summed E-state index contributed by atoms with van der Waals surface area (Å²) in [5.74, 6) is 1.20. The maximum Gasteiger partial charge on any atom is 0.237 e. The van der Waals surface area contributed by atoms with Crippen LogP contribution in [0.15, 0.2) is 28.8 Å². The van der Waals surface area contributed by atoms with Gasteiger partial charge in [-0.1, -0.05) is 5.16 Å². The van der Waals surface area contributed by atoms with Crippen LogP contribution in [0.2, 0.25) is 0 Å². The van der Waals surface area contributed by atoms with Crippen LogP contribution in [0.1, 0.15) is 38.0 Å². The molecule has 2 N–H and O–H groups in total. The van der Waals surface area contributed by atoms with Gasteiger partial charge in [0.2, 0.25) is 17.6 Å². The minimum Gasteiger partial charge on any atom is -0.372 e. The molecule has 1 atom stereocenters. The van der Waals surface area contributed by atoms with Crippen molar-refractivity contribution in [2.45, 2.75) is 44.6 Å². The summed E-state index contributed by atoms with van der Waals surface area (Å²) in [6, 6.07) is 8.30. The Hall–Kier alpha value is -2.41. The standard InChI is InChI=1S/C20H27N5O2/c26-20(17-5-4-11-21-17)22-12-10-18-23-19(24-27-18)15-6-8-16(9-7-15)25-13-2-1-3-14-25/h6-9,17,21H,1-5,10-14H2,(H,22,26). The summed E-state index contributed by atoms with van der Waals surface area (Å²) in [5, 5.41) is 10.2. The number of piperidine rings is 1. The highest BCUT2D eigenvalue weighted by Gasteiger charge is 2.21. The van der Waals surface area contributed by atoms with Crippen LogP contribution in [0.25, 0.3) is 11.4 Å². The summed E-state index contributed by atoms with van der Waals surface area (Å²) in [5.41, 5.74) is 2.20. The first kappa shape index (κ1) is 18.0. The van der Waals surface area contributed by atoms with E-state index in [1.807, 2.05) is 12.1 Å². The number of aromatic nitrogens is 2. The molecular formula is C20H27N5O2. The molecule has 0 saturated carbocycles. The Morgan fingerprint density at radius 2 is 2.00 bits per heavy atom. The monoisotopic (exact) mass is 369 g/mol. The van der Waals surface area contributed by atoms with Crippen LogP contribution in [0.5, 0.6) is 0 Å². The number of anilines is 1. The molecule has 144 valence electrons. The summed E-state index contributed by atoms with van der Waals surface area (Å²) in [6.45, 7) is 3.69. The maximum atomic E-state index is 12.0. The lowest BCUT2D eigenvalue weighted by Crippen LogP contribution is -2.41. The van der Waals surface area contributed by atoms with Crippen molar-refractivity contribution in [3.05, 3.63) is 30.2 Å². The van der Waals surface area contributed by atoms with Gasteiger partial charge in [-0.05, 0) is 62.9 Å². The van der Waals surface area contributed by atoms with E-state index >= 15 is 0 Å². The number of hydrogen-bond acceptors (Lipinski definition) is 6. The topological polar surface area (TPSA) is 83.3 Å². The van der Waals surface area contributed by atoms with Crippen LogP contribution in [0, 0.1) is 0 Å². The lowest BCUT2D eigenvalue weighted by molar-refractivity contribution is -0.122. The number of carbonyl (C=O) groups is 1. The molecule has 0 bridgehead atoms. The van der Waals surface area contributed by atoms with Gasteiger partial charge in [-0.15, -0.1) is 0 Å². The zero-order valence-electron chi connectivity index (χ0n) is 15.6. The Labute approximate surface area is 159 Å². The highest BCUT2D eigenvalue weighted by molar-refractivity contribution is 5.81. The number of amides is 1. The zero-order valence-corrected chi connectivity index (χ0v) is 15.6. The first-order valence-corrected chi connectivity index (χ1v) is 9.99. The van der Waals surface area contributed by atoms with Crippen LogP contribution in [-0.2, 0) is 11.2 Å². The van der Waals surface area contributed by atoms with Crippen molar-refractivity contribution >= 4 is 11.6 Å². The van der Waals surface area contributed by atoms with E-state index < -0.39 is 0 Å². The van der Waals surface area contributed by atoms with Crippen molar-refractivity contribution in [3.63, 3.8) is 0 Å². The fourth-order valence-corrected chi connectivity index (χ4v) is 3.77. The van der Waals surface area contributed by atoms with Gasteiger partial charge in [-0.2, -0.15) is 4.98 Å². The highest BCUT2D eigenvalue weighted by atomic mass is 16.5. The van der Waals surface area contributed by atoms with Gasteiger partial charge < -0.3 is 20.1 Å². The molecule has 0 spiro atoms. The van der Waals surface area contributed by atoms with Gasteiger partial charge in [-0.25, -0.2) is 0 Å². The number of carbonyl (C=O) groups excluding carboxylic acids is 1. The molecule has 1 amide bonds. The second-order valence-electron chi connectivity index (χ2n) is 7.30. The van der Waals surface area contributed by atoms with Gasteiger partial charge in [0, 0.05) is 37.3 Å². The second kappa shape index (κ2) is 8.52. The summed E-state index contributed by atoms with van der Waals surface area (Å²) >= 11 is 0. The van der Waals surface area contributed by atoms with Crippen molar-refractivity contribution in [3.8, 4) is 11.4 Å². The Bertz CT molecular complexity index is 746. The van der Waals surface area contributed by atoms with Crippen molar-refractivity contribution in [1.82, 2.24) is 20.8 Å². The lowest BCUT2D eigenvalue weighted by Gasteiger charge is -2.28. The van der Waals surface area contributed by atoms with Gasteiger partial charge in [0.1, 0.15) is 0 Å². The molecular weight excluding hydrogens is 342 g/mol. The molecule has 2 fully saturated rings. The number of nitrogens with one attached hydrogen (secondary N) is 2. The molecule has 3 heterocycles. The molecule has 7 heteroatoms. The van der Waals surface area contributed by atoms with Gasteiger partial charge in [0.05, 0.1) is 6.04 Å². The van der Waals surface area contributed by atoms with Gasteiger partial charge in [-0.3, -0.25) is 4.79 Å². The molecule has 0 aliphatic carbocycles. The third-order valence-electron chi connectivity index (χ3n) is 5.33. The number of nitrogens with zero attached hydrogens (tertiary/aromatic N) is 3. The van der Waals surface area contributed by atoms with Crippen molar-refractivity contribution in [2.24, 2.45) is 0 Å². The van der Waals surface area contributed by atoms with Crippen molar-refractivity contribution in [2.75, 3.05) is 31.1 Å². The fraction of sp³-hybridized carbons (Fsp3) is 0.550. The van der Waals surface area contributed by atoms with Crippen LogP contribution >= 0.6 is 0 Å². The fourth-order valence-electron chi connectivity index (χ4n) is 3.77. The van der Waals surface area contributed by atoms with Crippen LogP contribution < -0.4 is 15.5 Å². The third-order valence-corrected chi connectivity index (χ3v) is 5.33. The predicted molar refractivity (Wildman–Crippen MR) is 104 cm³/mol. The molecule has 2 aromatic rings. The number of benzene rings is 1. The van der Waals surface area contributed by atoms with Gasteiger partial charge in [0.15, 0.2) is 0 Å². The molecule has 1 aromatic heterocycles. The van der Waals surface area contributed by atoms with E-state index in [1.54, 1.807) is 0 Å². The molecule has 7 nitrogen and oxygen atoms in total. The van der Waals surface area contributed by atoms with Crippen LogP contribution in [0.3, 0.4) is 0 Å². The molecule has 27 heavy (non-hydrogen) atoms. The van der Waals surface area contributed by atoms with E-state index in [2.05, 4.69) is 37.8 Å². The van der Waals surface area contributed by atoms with Gasteiger partial charge >= 0.3 is 0 Å². The second-order valence-corrected chi connectivity index (χ2v) is 7.30. The van der Waals surface area contributed by atoms with Crippen molar-refractivity contribution < 1.29 is 9.32 Å². The average Bonchev–Trinajstić information content (AvgIpc) is 3.41. The largest absolute Gasteiger partial charge is 0.372 e. The van der Waals surface area contributed by atoms with E-state index in [9.17, 15) is 4.79 Å².